The highest BCUT2D eigenvalue weighted by Gasteiger charge is 2.56. The first kappa shape index (κ1) is 20.9. The van der Waals surface area contributed by atoms with E-state index < -0.39 is 17.5 Å². The van der Waals surface area contributed by atoms with Crippen LogP contribution in [0.15, 0.2) is 18.2 Å². The number of amides is 4. The fraction of sp³-hybridized carbons (Fsp3) is 0.550. The van der Waals surface area contributed by atoms with Crippen LogP contribution in [0.1, 0.15) is 45.6 Å². The molecule has 2 atom stereocenters. The van der Waals surface area contributed by atoms with Crippen LogP contribution in [0.3, 0.4) is 0 Å². The number of carbonyl (C=O) groups is 3. The van der Waals surface area contributed by atoms with Gasteiger partial charge in [0.25, 0.3) is 5.91 Å². The number of rotatable bonds is 4. The third-order valence-corrected chi connectivity index (χ3v) is 6.00. The van der Waals surface area contributed by atoms with Crippen molar-refractivity contribution in [2.75, 3.05) is 6.54 Å². The summed E-state index contributed by atoms with van der Waals surface area (Å²) in [6, 6.07) is 4.49. The largest absolute Gasteiger partial charge is 0.350 e. The van der Waals surface area contributed by atoms with Gasteiger partial charge in [-0.2, -0.15) is 0 Å². The zero-order chi connectivity index (χ0) is 20.7. The molecule has 4 amide bonds. The molecule has 0 bridgehead atoms. The second-order valence-corrected chi connectivity index (χ2v) is 9.61. The van der Waals surface area contributed by atoms with Gasteiger partial charge < -0.3 is 10.6 Å². The molecule has 0 radical (unpaired) electrons. The Morgan fingerprint density at radius 1 is 1.29 bits per heavy atom. The molecule has 1 saturated heterocycles. The van der Waals surface area contributed by atoms with Gasteiger partial charge in [-0.25, -0.2) is 4.79 Å². The normalized spacial score (nSPS) is 26.5. The Morgan fingerprint density at radius 3 is 2.64 bits per heavy atom. The van der Waals surface area contributed by atoms with Gasteiger partial charge in [-0.15, -0.1) is 0 Å². The molecule has 8 heteroatoms. The van der Waals surface area contributed by atoms with E-state index >= 15 is 0 Å². The van der Waals surface area contributed by atoms with Crippen molar-refractivity contribution in [3.8, 4) is 0 Å². The molecule has 1 aromatic carbocycles. The third-order valence-electron chi connectivity index (χ3n) is 5.42. The first-order valence-corrected chi connectivity index (χ1v) is 10.1. The minimum absolute atomic E-state index is 0.0514. The lowest BCUT2D eigenvalue weighted by molar-refractivity contribution is -0.137. The SMILES string of the molecule is C[C@@H]1CC(C)(C)C[C@]2(C1)NC(=O)N(CC(=O)NCc1ccc(Cl)cc1Cl)C2=O. The van der Waals surface area contributed by atoms with Crippen molar-refractivity contribution in [1.82, 2.24) is 15.5 Å². The molecule has 1 spiro atoms. The maximum Gasteiger partial charge on any atom is 0.325 e. The molecule has 1 aliphatic heterocycles. The van der Waals surface area contributed by atoms with Gasteiger partial charge in [-0.3, -0.25) is 14.5 Å². The maximum absolute atomic E-state index is 13.1. The van der Waals surface area contributed by atoms with Crippen LogP contribution in [0.4, 0.5) is 4.79 Å². The van der Waals surface area contributed by atoms with Crippen LogP contribution in [0, 0.1) is 11.3 Å². The van der Waals surface area contributed by atoms with Crippen molar-refractivity contribution in [1.29, 1.82) is 0 Å². The number of carbonyl (C=O) groups excluding carboxylic acids is 3. The highest BCUT2D eigenvalue weighted by molar-refractivity contribution is 6.35. The van der Waals surface area contributed by atoms with Gasteiger partial charge in [0, 0.05) is 16.6 Å². The Morgan fingerprint density at radius 2 is 2.00 bits per heavy atom. The standard InChI is InChI=1S/C20H25Cl2N3O3/c1-12-7-19(2,3)11-20(8-12)17(27)25(18(28)24-20)10-16(26)23-9-13-4-5-14(21)6-15(13)22/h4-6,12H,7-11H2,1-3H3,(H,23,26)(H,24,28)/t12-,20+/m1/s1. The predicted octanol–water partition coefficient (Wildman–Crippen LogP) is 3.75. The minimum Gasteiger partial charge on any atom is -0.350 e. The molecule has 1 saturated carbocycles. The number of imide groups is 1. The van der Waals surface area contributed by atoms with Gasteiger partial charge in [0.15, 0.2) is 0 Å². The van der Waals surface area contributed by atoms with Crippen molar-refractivity contribution in [3.05, 3.63) is 33.8 Å². The van der Waals surface area contributed by atoms with Crippen LogP contribution in [-0.2, 0) is 16.1 Å². The average molecular weight is 426 g/mol. The van der Waals surface area contributed by atoms with Gasteiger partial charge in [0.2, 0.25) is 5.91 Å². The summed E-state index contributed by atoms with van der Waals surface area (Å²) in [6.45, 7) is 6.18. The molecule has 3 rings (SSSR count). The van der Waals surface area contributed by atoms with Gasteiger partial charge in [-0.05, 0) is 48.3 Å². The number of halogens is 2. The number of benzene rings is 1. The summed E-state index contributed by atoms with van der Waals surface area (Å²) in [7, 11) is 0. The number of nitrogens with zero attached hydrogens (tertiary/aromatic N) is 1. The summed E-state index contributed by atoms with van der Waals surface area (Å²) in [6.07, 6.45) is 2.17. The van der Waals surface area contributed by atoms with E-state index in [1.54, 1.807) is 18.2 Å². The van der Waals surface area contributed by atoms with Crippen molar-refractivity contribution < 1.29 is 14.4 Å². The average Bonchev–Trinajstić information content (AvgIpc) is 2.75. The number of nitrogens with one attached hydrogen (secondary N) is 2. The van der Waals surface area contributed by atoms with Crippen LogP contribution in [0.25, 0.3) is 0 Å². The van der Waals surface area contributed by atoms with Crippen molar-refractivity contribution >= 4 is 41.0 Å². The molecule has 6 nitrogen and oxygen atoms in total. The molecule has 2 N–H and O–H groups in total. The molecule has 1 heterocycles. The summed E-state index contributed by atoms with van der Waals surface area (Å²) in [4.78, 5) is 38.9. The van der Waals surface area contributed by atoms with Crippen LogP contribution in [-0.4, -0.2) is 34.8 Å². The lowest BCUT2D eigenvalue weighted by Gasteiger charge is -2.43. The number of urea groups is 1. The third kappa shape index (κ3) is 4.28. The highest BCUT2D eigenvalue weighted by Crippen LogP contribution is 2.46. The fourth-order valence-corrected chi connectivity index (χ4v) is 5.18. The van der Waals surface area contributed by atoms with Crippen LogP contribution < -0.4 is 10.6 Å². The van der Waals surface area contributed by atoms with Gasteiger partial charge in [0.1, 0.15) is 12.1 Å². The van der Waals surface area contributed by atoms with Gasteiger partial charge in [-0.1, -0.05) is 50.0 Å². The first-order valence-electron chi connectivity index (χ1n) is 9.36. The first-order chi connectivity index (χ1) is 13.0. The Balaban J connectivity index is 1.65. The molecule has 2 aliphatic rings. The van der Waals surface area contributed by atoms with Gasteiger partial charge in [0.05, 0.1) is 0 Å². The van der Waals surface area contributed by atoms with E-state index in [0.717, 1.165) is 11.3 Å². The predicted molar refractivity (Wildman–Crippen MR) is 108 cm³/mol. The van der Waals surface area contributed by atoms with E-state index in [2.05, 4.69) is 31.4 Å². The molecule has 2 fully saturated rings. The molecule has 0 unspecified atom stereocenters. The Hall–Kier alpha value is -1.79. The van der Waals surface area contributed by atoms with Crippen molar-refractivity contribution in [2.45, 2.75) is 52.1 Å². The monoisotopic (exact) mass is 425 g/mol. The Bertz CT molecular complexity index is 827. The summed E-state index contributed by atoms with van der Waals surface area (Å²) in [5.74, 6) is -0.416. The lowest BCUT2D eigenvalue weighted by Crippen LogP contribution is -2.54. The summed E-state index contributed by atoms with van der Waals surface area (Å²) >= 11 is 12.0. The zero-order valence-electron chi connectivity index (χ0n) is 16.3. The van der Waals surface area contributed by atoms with E-state index in [-0.39, 0.29) is 24.4 Å². The smallest absolute Gasteiger partial charge is 0.325 e. The lowest BCUT2D eigenvalue weighted by atomic mass is 9.64. The number of hydrogen-bond acceptors (Lipinski definition) is 3. The summed E-state index contributed by atoms with van der Waals surface area (Å²) in [5.41, 5.74) is -0.252. The quantitative estimate of drug-likeness (QED) is 0.720. The van der Waals surface area contributed by atoms with Crippen LogP contribution >= 0.6 is 23.2 Å². The summed E-state index contributed by atoms with van der Waals surface area (Å²) < 4.78 is 0. The van der Waals surface area contributed by atoms with E-state index in [0.29, 0.717) is 34.4 Å². The molecule has 152 valence electrons. The van der Waals surface area contributed by atoms with E-state index in [4.69, 9.17) is 23.2 Å². The molecule has 28 heavy (non-hydrogen) atoms. The molecule has 1 aromatic rings. The minimum atomic E-state index is -0.905. The molecule has 0 aromatic heterocycles. The summed E-state index contributed by atoms with van der Waals surface area (Å²) in [5, 5.41) is 6.53. The van der Waals surface area contributed by atoms with Crippen molar-refractivity contribution in [2.24, 2.45) is 11.3 Å². The second kappa shape index (κ2) is 7.56. The maximum atomic E-state index is 13.1. The van der Waals surface area contributed by atoms with Crippen LogP contribution in [0.2, 0.25) is 10.0 Å². The zero-order valence-corrected chi connectivity index (χ0v) is 17.8. The topological polar surface area (TPSA) is 78.5 Å². The Kier molecular flexibility index (Phi) is 5.65. The molecule has 1 aliphatic carbocycles. The second-order valence-electron chi connectivity index (χ2n) is 8.77. The molecular formula is C20H25Cl2N3O3. The van der Waals surface area contributed by atoms with Gasteiger partial charge >= 0.3 is 6.03 Å². The van der Waals surface area contributed by atoms with E-state index in [1.807, 2.05) is 0 Å². The van der Waals surface area contributed by atoms with E-state index in [1.165, 1.54) is 0 Å². The highest BCUT2D eigenvalue weighted by atomic mass is 35.5. The molecular weight excluding hydrogens is 401 g/mol. The Labute approximate surface area is 174 Å². The number of hydrogen-bond donors (Lipinski definition) is 2. The fourth-order valence-electron chi connectivity index (χ4n) is 4.71. The van der Waals surface area contributed by atoms with Crippen molar-refractivity contribution in [3.63, 3.8) is 0 Å². The van der Waals surface area contributed by atoms with Crippen LogP contribution in [0.5, 0.6) is 0 Å². The van der Waals surface area contributed by atoms with E-state index in [9.17, 15) is 14.4 Å².